The van der Waals surface area contributed by atoms with Crippen LogP contribution < -0.4 is 19.1 Å². The lowest BCUT2D eigenvalue weighted by Gasteiger charge is -2.40. The molecule has 0 radical (unpaired) electrons. The lowest BCUT2D eigenvalue weighted by Crippen LogP contribution is -2.56. The van der Waals surface area contributed by atoms with Crippen molar-refractivity contribution < 1.29 is 17.5 Å². The number of hydrogen-bond acceptors (Lipinski definition) is 9. The zero-order chi connectivity index (χ0) is 31.1. The molecule has 14 heteroatoms. The number of pyridine rings is 1. The van der Waals surface area contributed by atoms with Gasteiger partial charge in [-0.25, -0.2) is 9.11 Å². The number of benzene rings is 2. The summed E-state index contributed by atoms with van der Waals surface area (Å²) in [5, 5.41) is 10.3. The predicted molar refractivity (Wildman–Crippen MR) is 172 cm³/mol. The number of fused-ring (bicyclic) bond motifs is 4. The lowest BCUT2D eigenvalue weighted by atomic mass is 9.90. The van der Waals surface area contributed by atoms with Gasteiger partial charge in [0, 0.05) is 36.8 Å². The van der Waals surface area contributed by atoms with Gasteiger partial charge in [-0.2, -0.15) is 28.2 Å². The number of anilines is 1. The third-order valence-electron chi connectivity index (χ3n) is 10.5. The van der Waals surface area contributed by atoms with Crippen LogP contribution in [0.5, 0.6) is 6.01 Å². The predicted octanol–water partition coefficient (Wildman–Crippen LogP) is 3.64. The molecule has 0 saturated carbocycles. The first kappa shape index (κ1) is 28.3. The molecule has 0 bridgehead atoms. The van der Waals surface area contributed by atoms with Gasteiger partial charge in [0.25, 0.3) is 10.2 Å². The van der Waals surface area contributed by atoms with E-state index in [2.05, 4.69) is 24.5 Å². The first-order valence-corrected chi connectivity index (χ1v) is 17.4. The maximum Gasteiger partial charge on any atom is 0.319 e. The Kier molecular flexibility index (Phi) is 6.30. The fourth-order valence-electron chi connectivity index (χ4n) is 8.30. The molecule has 1 atom stereocenters. The number of aromatic nitrogens is 5. The molecule has 7 heterocycles. The Bertz CT molecular complexity index is 2130. The number of rotatable bonds is 5. The van der Waals surface area contributed by atoms with Gasteiger partial charge < -0.3 is 9.64 Å². The number of H-pyrrole nitrogens is 1. The summed E-state index contributed by atoms with van der Waals surface area (Å²) in [4.78, 5) is 18.8. The lowest BCUT2D eigenvalue weighted by molar-refractivity contribution is 0.108. The van der Waals surface area contributed by atoms with Gasteiger partial charge >= 0.3 is 6.01 Å². The van der Waals surface area contributed by atoms with E-state index in [1.165, 1.54) is 0 Å². The van der Waals surface area contributed by atoms with E-state index in [1.807, 2.05) is 35.2 Å². The Morgan fingerprint density at radius 3 is 2.63 bits per heavy atom. The second kappa shape index (κ2) is 10.3. The van der Waals surface area contributed by atoms with E-state index in [0.29, 0.717) is 42.9 Å². The van der Waals surface area contributed by atoms with Gasteiger partial charge in [0.1, 0.15) is 23.6 Å². The topological polar surface area (TPSA) is 141 Å². The van der Waals surface area contributed by atoms with Gasteiger partial charge in [0.15, 0.2) is 5.82 Å². The summed E-state index contributed by atoms with van der Waals surface area (Å²) in [6.45, 7) is 3.81. The number of halogens is 1. The molecule has 5 aromatic rings. The fourth-order valence-corrected chi connectivity index (χ4v) is 9.65. The summed E-state index contributed by atoms with van der Waals surface area (Å²) in [5.74, 6) is -0.0805. The monoisotopic (exact) mass is 643 g/mol. The van der Waals surface area contributed by atoms with Crippen LogP contribution in [0.4, 0.5) is 10.2 Å². The molecule has 0 aliphatic carbocycles. The smallest absolute Gasteiger partial charge is 0.319 e. The summed E-state index contributed by atoms with van der Waals surface area (Å²) in [6, 6.07) is 9.93. The van der Waals surface area contributed by atoms with E-state index >= 15 is 4.39 Å². The summed E-state index contributed by atoms with van der Waals surface area (Å²) in [6.07, 6.45) is 9.10. The molecule has 4 fully saturated rings. The van der Waals surface area contributed by atoms with Gasteiger partial charge in [-0.1, -0.05) is 24.3 Å². The van der Waals surface area contributed by atoms with Crippen molar-refractivity contribution in [3.8, 4) is 17.3 Å². The van der Waals surface area contributed by atoms with Crippen molar-refractivity contribution in [1.82, 2.24) is 39.5 Å². The SMILES string of the molecule is O=S1(=O)NCC2(CCCN(c3nc(OCC45CCCN4CCC5)nc4c(F)c(-c5c6ccccc6cc6[nH]ncc56)ncc34)C2)N1. The summed E-state index contributed by atoms with van der Waals surface area (Å²) >= 11 is 0. The van der Waals surface area contributed by atoms with Gasteiger partial charge in [0.2, 0.25) is 0 Å². The number of ether oxygens (including phenoxy) is 1. The largest absolute Gasteiger partial charge is 0.461 e. The highest BCUT2D eigenvalue weighted by atomic mass is 32.2. The van der Waals surface area contributed by atoms with Crippen LogP contribution in [-0.2, 0) is 10.2 Å². The van der Waals surface area contributed by atoms with Crippen LogP contribution in [0.25, 0.3) is 43.8 Å². The number of nitrogens with zero attached hydrogens (tertiary/aromatic N) is 6. The van der Waals surface area contributed by atoms with Crippen molar-refractivity contribution in [3.05, 3.63) is 48.5 Å². The van der Waals surface area contributed by atoms with Crippen LogP contribution in [0.15, 0.2) is 42.7 Å². The van der Waals surface area contributed by atoms with E-state index in [-0.39, 0.29) is 29.3 Å². The molecule has 46 heavy (non-hydrogen) atoms. The fraction of sp³-hybridized carbons (Fsp3) is 0.438. The van der Waals surface area contributed by atoms with E-state index in [0.717, 1.165) is 66.9 Å². The number of nitrogens with one attached hydrogen (secondary N) is 3. The van der Waals surface area contributed by atoms with Crippen molar-refractivity contribution in [2.45, 2.75) is 49.6 Å². The maximum absolute atomic E-state index is 17.0. The maximum atomic E-state index is 17.0. The number of aromatic amines is 1. The van der Waals surface area contributed by atoms with Crippen molar-refractivity contribution in [2.24, 2.45) is 0 Å². The minimum Gasteiger partial charge on any atom is -0.461 e. The van der Waals surface area contributed by atoms with E-state index in [1.54, 1.807) is 12.4 Å². The third kappa shape index (κ3) is 4.45. The average molecular weight is 644 g/mol. The highest BCUT2D eigenvalue weighted by molar-refractivity contribution is 7.87. The summed E-state index contributed by atoms with van der Waals surface area (Å²) < 4.78 is 53.5. The van der Waals surface area contributed by atoms with Crippen LogP contribution in [0.1, 0.15) is 38.5 Å². The normalized spacial score (nSPS) is 24.1. The number of hydrogen-bond donors (Lipinski definition) is 3. The summed E-state index contributed by atoms with van der Waals surface area (Å²) in [5.41, 5.74) is 0.977. The van der Waals surface area contributed by atoms with E-state index < -0.39 is 21.6 Å². The zero-order valence-electron chi connectivity index (χ0n) is 25.2. The molecule has 0 amide bonds. The molecule has 2 aromatic carbocycles. The minimum absolute atomic E-state index is 0.0424. The Morgan fingerprint density at radius 1 is 0.978 bits per heavy atom. The first-order chi connectivity index (χ1) is 22.3. The van der Waals surface area contributed by atoms with Crippen LogP contribution >= 0.6 is 0 Å². The Balaban J connectivity index is 1.19. The standard InChI is InChI=1S/C32H34FN9O3S/c33-26-27-23(15-34-28(26)25-21-7-2-1-6-20(21)14-24-22(25)16-35-39-24)29(41-11-3-8-31(18-41)17-36-46(43,44)40-31)38-30(37-27)45-19-32-9-4-12-42(32)13-5-10-32/h1-2,6-7,14-16,36,40H,3-5,8-13,17-19H2,(H,35,39). The average Bonchev–Trinajstić information content (AvgIpc) is 3.83. The van der Waals surface area contributed by atoms with Crippen molar-refractivity contribution >= 4 is 48.6 Å². The van der Waals surface area contributed by atoms with Gasteiger partial charge in [-0.15, -0.1) is 0 Å². The molecule has 3 N–H and O–H groups in total. The highest BCUT2D eigenvalue weighted by Crippen LogP contribution is 2.41. The molecule has 3 aromatic heterocycles. The van der Waals surface area contributed by atoms with Gasteiger partial charge in [-0.3, -0.25) is 15.0 Å². The van der Waals surface area contributed by atoms with Crippen LogP contribution in [0.2, 0.25) is 0 Å². The minimum atomic E-state index is -3.58. The molecular formula is C32H34FN9O3S. The van der Waals surface area contributed by atoms with Gasteiger partial charge in [-0.05, 0) is 68.5 Å². The Hall–Kier alpha value is -3.98. The van der Waals surface area contributed by atoms with Gasteiger partial charge in [0.05, 0.1) is 28.2 Å². The molecule has 9 rings (SSSR count). The van der Waals surface area contributed by atoms with Crippen LogP contribution in [-0.4, -0.2) is 88.9 Å². The molecular weight excluding hydrogens is 609 g/mol. The first-order valence-electron chi connectivity index (χ1n) is 16.0. The quantitative estimate of drug-likeness (QED) is 0.262. The molecule has 1 unspecified atom stereocenters. The molecule has 238 valence electrons. The molecule has 1 spiro atoms. The van der Waals surface area contributed by atoms with Crippen LogP contribution in [0.3, 0.4) is 0 Å². The van der Waals surface area contributed by atoms with Crippen molar-refractivity contribution in [3.63, 3.8) is 0 Å². The third-order valence-corrected chi connectivity index (χ3v) is 11.7. The van der Waals surface area contributed by atoms with E-state index in [9.17, 15) is 8.42 Å². The van der Waals surface area contributed by atoms with Crippen molar-refractivity contribution in [1.29, 1.82) is 0 Å². The number of piperidine rings is 1. The van der Waals surface area contributed by atoms with Crippen molar-refractivity contribution in [2.75, 3.05) is 44.2 Å². The Labute approximate surface area is 264 Å². The Morgan fingerprint density at radius 2 is 1.80 bits per heavy atom. The zero-order valence-corrected chi connectivity index (χ0v) is 26.0. The van der Waals surface area contributed by atoms with Crippen LogP contribution in [0, 0.1) is 5.82 Å². The molecule has 12 nitrogen and oxygen atoms in total. The molecule has 4 aliphatic heterocycles. The summed E-state index contributed by atoms with van der Waals surface area (Å²) in [7, 11) is -3.58. The second-order valence-electron chi connectivity index (χ2n) is 13.3. The highest BCUT2D eigenvalue weighted by Gasteiger charge is 2.46. The van der Waals surface area contributed by atoms with E-state index in [4.69, 9.17) is 19.7 Å². The molecule has 4 aliphatic rings. The molecule has 4 saturated heterocycles. The second-order valence-corrected chi connectivity index (χ2v) is 14.8.